The highest BCUT2D eigenvalue weighted by atomic mass is 19.4. The molecule has 28 heavy (non-hydrogen) atoms. The number of aromatic nitrogens is 4. The van der Waals surface area contributed by atoms with Crippen molar-refractivity contribution in [3.8, 4) is 17.3 Å². The van der Waals surface area contributed by atoms with Crippen LogP contribution in [0.2, 0.25) is 0 Å². The molecule has 4 rings (SSSR count). The summed E-state index contributed by atoms with van der Waals surface area (Å²) in [5.74, 6) is -0.744. The third-order valence-electron chi connectivity index (χ3n) is 4.44. The highest BCUT2D eigenvalue weighted by Crippen LogP contribution is 2.34. The second-order valence-electron chi connectivity index (χ2n) is 6.46. The van der Waals surface area contributed by atoms with E-state index >= 15 is 0 Å². The molecule has 2 aromatic heterocycles. The number of alkyl halides is 3. The number of nitrogens with two attached hydrogens (primary N) is 1. The van der Waals surface area contributed by atoms with Crippen molar-refractivity contribution in [2.24, 2.45) is 5.73 Å². The fraction of sp³-hybridized carbons (Fsp3) is 0.278. The van der Waals surface area contributed by atoms with Crippen LogP contribution in [0.1, 0.15) is 35.8 Å². The first-order chi connectivity index (χ1) is 13.3. The molecule has 10 heteroatoms. The van der Waals surface area contributed by atoms with E-state index in [4.69, 9.17) is 10.5 Å². The molecule has 6 nitrogen and oxygen atoms in total. The zero-order chi connectivity index (χ0) is 19.9. The third kappa shape index (κ3) is 3.55. The van der Waals surface area contributed by atoms with E-state index in [0.29, 0.717) is 17.6 Å². The highest BCUT2D eigenvalue weighted by Gasteiger charge is 2.31. The van der Waals surface area contributed by atoms with Crippen LogP contribution in [-0.2, 0) is 12.6 Å². The topological polar surface area (TPSA) is 78.8 Å². The maximum Gasteiger partial charge on any atom is 0.416 e. The van der Waals surface area contributed by atoms with Crippen molar-refractivity contribution >= 4 is 0 Å². The van der Waals surface area contributed by atoms with Crippen LogP contribution >= 0.6 is 0 Å². The smallest absolute Gasteiger partial charge is 0.416 e. The minimum atomic E-state index is -4.68. The lowest BCUT2D eigenvalue weighted by molar-refractivity contribution is -0.137. The Bertz CT molecular complexity index is 1020. The monoisotopic (exact) mass is 393 g/mol. The van der Waals surface area contributed by atoms with Crippen LogP contribution < -0.4 is 10.5 Å². The fourth-order valence-corrected chi connectivity index (χ4v) is 3.15. The Morgan fingerprint density at radius 3 is 2.75 bits per heavy atom. The lowest BCUT2D eigenvalue weighted by Crippen LogP contribution is -2.18. The number of pyridine rings is 1. The summed E-state index contributed by atoms with van der Waals surface area (Å²) in [6, 6.07) is 4.79. The van der Waals surface area contributed by atoms with Gasteiger partial charge in [0.05, 0.1) is 17.3 Å². The summed E-state index contributed by atoms with van der Waals surface area (Å²) in [5, 5.41) is 8.20. The van der Waals surface area contributed by atoms with Gasteiger partial charge in [-0.2, -0.15) is 17.9 Å². The van der Waals surface area contributed by atoms with Crippen LogP contribution in [0.5, 0.6) is 11.5 Å². The average Bonchev–Trinajstić information content (AvgIpc) is 3.06. The zero-order valence-electron chi connectivity index (χ0n) is 14.4. The Morgan fingerprint density at radius 2 is 1.96 bits per heavy atom. The molecule has 0 radical (unpaired) electrons. The van der Waals surface area contributed by atoms with E-state index in [1.165, 1.54) is 23.0 Å². The summed E-state index contributed by atoms with van der Waals surface area (Å²) in [5.41, 5.74) is 6.47. The van der Waals surface area contributed by atoms with Crippen LogP contribution in [0, 0.1) is 5.82 Å². The van der Waals surface area contributed by atoms with Crippen molar-refractivity contribution in [1.29, 1.82) is 0 Å². The van der Waals surface area contributed by atoms with E-state index in [1.807, 2.05) is 0 Å². The normalized spacial score (nSPS) is 16.7. The first-order valence-electron chi connectivity index (χ1n) is 8.53. The van der Waals surface area contributed by atoms with E-state index in [9.17, 15) is 17.6 Å². The Balaban J connectivity index is 1.65. The number of hydrogen-bond donors (Lipinski definition) is 1. The number of ether oxygens (including phenoxy) is 1. The Kier molecular flexibility index (Phi) is 4.50. The van der Waals surface area contributed by atoms with Gasteiger partial charge in [-0.15, -0.1) is 5.10 Å². The van der Waals surface area contributed by atoms with Gasteiger partial charge in [-0.05, 0) is 37.5 Å². The second kappa shape index (κ2) is 6.86. The van der Waals surface area contributed by atoms with E-state index in [2.05, 4.69) is 15.3 Å². The lowest BCUT2D eigenvalue weighted by Gasteiger charge is -2.17. The van der Waals surface area contributed by atoms with Crippen molar-refractivity contribution in [3.05, 3.63) is 59.3 Å². The summed E-state index contributed by atoms with van der Waals surface area (Å²) in [4.78, 5) is 4.22. The molecule has 3 aromatic rings. The van der Waals surface area contributed by atoms with Gasteiger partial charge in [0.2, 0.25) is 0 Å². The molecule has 0 saturated heterocycles. The SMILES string of the molecule is NC1CCCc2c1nnn2-c1cc(Oc2cc(F)cc(C(F)(F)F)c2)ccn1. The minimum absolute atomic E-state index is 0.188. The molecule has 1 atom stereocenters. The summed E-state index contributed by atoms with van der Waals surface area (Å²) < 4.78 is 59.1. The lowest BCUT2D eigenvalue weighted by atomic mass is 9.97. The van der Waals surface area contributed by atoms with Gasteiger partial charge in [-0.25, -0.2) is 9.37 Å². The fourth-order valence-electron chi connectivity index (χ4n) is 3.15. The summed E-state index contributed by atoms with van der Waals surface area (Å²) >= 11 is 0. The maximum absolute atomic E-state index is 13.6. The zero-order valence-corrected chi connectivity index (χ0v) is 14.4. The third-order valence-corrected chi connectivity index (χ3v) is 4.44. The molecular formula is C18H15F4N5O. The number of benzene rings is 1. The van der Waals surface area contributed by atoms with E-state index < -0.39 is 17.6 Å². The van der Waals surface area contributed by atoms with Gasteiger partial charge in [0.15, 0.2) is 5.82 Å². The number of halogens is 4. The van der Waals surface area contributed by atoms with Crippen molar-refractivity contribution < 1.29 is 22.3 Å². The molecule has 0 spiro atoms. The first-order valence-corrected chi connectivity index (χ1v) is 8.53. The molecule has 2 N–H and O–H groups in total. The predicted octanol–water partition coefficient (Wildman–Crippen LogP) is 3.95. The Hall–Kier alpha value is -3.01. The van der Waals surface area contributed by atoms with Gasteiger partial charge < -0.3 is 10.5 Å². The number of rotatable bonds is 3. The highest BCUT2D eigenvalue weighted by molar-refractivity contribution is 5.39. The maximum atomic E-state index is 13.6. The second-order valence-corrected chi connectivity index (χ2v) is 6.46. The minimum Gasteiger partial charge on any atom is -0.457 e. The molecule has 0 aliphatic heterocycles. The van der Waals surface area contributed by atoms with Crippen LogP contribution in [0.4, 0.5) is 17.6 Å². The van der Waals surface area contributed by atoms with Gasteiger partial charge in [0.25, 0.3) is 0 Å². The van der Waals surface area contributed by atoms with Crippen molar-refractivity contribution in [3.63, 3.8) is 0 Å². The van der Waals surface area contributed by atoms with E-state index in [0.717, 1.165) is 37.1 Å². The predicted molar refractivity (Wildman–Crippen MR) is 90.5 cm³/mol. The molecule has 0 saturated carbocycles. The summed E-state index contributed by atoms with van der Waals surface area (Å²) in [6.07, 6.45) is -0.806. The van der Waals surface area contributed by atoms with Crippen LogP contribution in [-0.4, -0.2) is 20.0 Å². The van der Waals surface area contributed by atoms with Gasteiger partial charge in [-0.1, -0.05) is 5.21 Å². The van der Waals surface area contributed by atoms with Gasteiger partial charge in [0, 0.05) is 18.3 Å². The molecule has 2 heterocycles. The van der Waals surface area contributed by atoms with E-state index in [-0.39, 0.29) is 17.5 Å². The molecule has 1 aliphatic rings. The molecule has 0 amide bonds. The molecule has 1 aliphatic carbocycles. The quantitative estimate of drug-likeness (QED) is 0.682. The molecule has 1 unspecified atom stereocenters. The van der Waals surface area contributed by atoms with Crippen LogP contribution in [0.15, 0.2) is 36.5 Å². The Morgan fingerprint density at radius 1 is 1.14 bits per heavy atom. The summed E-state index contributed by atoms with van der Waals surface area (Å²) in [6.45, 7) is 0. The largest absolute Gasteiger partial charge is 0.457 e. The molecule has 0 bridgehead atoms. The molecule has 1 aromatic carbocycles. The molecular weight excluding hydrogens is 378 g/mol. The number of fused-ring (bicyclic) bond motifs is 1. The summed E-state index contributed by atoms with van der Waals surface area (Å²) in [7, 11) is 0. The average molecular weight is 393 g/mol. The standard InChI is InChI=1S/C18H15F4N5O/c19-11-6-10(18(20,21)22)7-13(8-11)28-12-4-5-24-16(9-12)27-15-3-1-2-14(23)17(15)25-26-27/h4-9,14H,1-3,23H2. The van der Waals surface area contributed by atoms with Crippen molar-refractivity contribution in [1.82, 2.24) is 20.0 Å². The number of hydrogen-bond acceptors (Lipinski definition) is 5. The van der Waals surface area contributed by atoms with Gasteiger partial charge in [-0.3, -0.25) is 0 Å². The van der Waals surface area contributed by atoms with Crippen molar-refractivity contribution in [2.75, 3.05) is 0 Å². The molecule has 0 fully saturated rings. The Labute approximate surface area is 156 Å². The molecule has 146 valence electrons. The van der Waals surface area contributed by atoms with Gasteiger partial charge >= 0.3 is 6.18 Å². The number of nitrogens with zero attached hydrogens (tertiary/aromatic N) is 4. The van der Waals surface area contributed by atoms with Crippen LogP contribution in [0.3, 0.4) is 0 Å². The van der Waals surface area contributed by atoms with Crippen molar-refractivity contribution in [2.45, 2.75) is 31.5 Å². The van der Waals surface area contributed by atoms with Gasteiger partial charge in [0.1, 0.15) is 23.0 Å². The van der Waals surface area contributed by atoms with Crippen LogP contribution in [0.25, 0.3) is 5.82 Å². The first kappa shape index (κ1) is 18.4. The van der Waals surface area contributed by atoms with E-state index in [1.54, 1.807) is 0 Å².